The average Bonchev–Trinajstić information content (AvgIpc) is 2.97. The minimum absolute atomic E-state index is 0.202. The van der Waals surface area contributed by atoms with Crippen LogP contribution in [0, 0.1) is 0 Å². The van der Waals surface area contributed by atoms with Crippen molar-refractivity contribution in [3.05, 3.63) is 6.20 Å². The predicted molar refractivity (Wildman–Crippen MR) is 73.3 cm³/mol. The molecule has 3 rings (SSSR count). The van der Waals surface area contributed by atoms with Gasteiger partial charge in [0.1, 0.15) is 0 Å². The Morgan fingerprint density at radius 2 is 2.40 bits per heavy atom. The third kappa shape index (κ3) is 2.77. The number of carbonyl (C=O) groups excluding carboxylic acids is 1. The summed E-state index contributed by atoms with van der Waals surface area (Å²) >= 11 is 0. The van der Waals surface area contributed by atoms with Gasteiger partial charge < -0.3 is 10.1 Å². The summed E-state index contributed by atoms with van der Waals surface area (Å²) in [7, 11) is 1.73. The predicted octanol–water partition coefficient (Wildman–Crippen LogP) is 1.43. The lowest BCUT2D eigenvalue weighted by atomic mass is 9.78. The third-order valence-electron chi connectivity index (χ3n) is 4.31. The summed E-state index contributed by atoms with van der Waals surface area (Å²) in [6.45, 7) is 0.623. The first-order chi connectivity index (χ1) is 9.67. The van der Waals surface area contributed by atoms with Gasteiger partial charge in [-0.25, -0.2) is 9.48 Å². The highest BCUT2D eigenvalue weighted by atomic mass is 16.5. The van der Waals surface area contributed by atoms with Crippen LogP contribution < -0.4 is 10.6 Å². The van der Waals surface area contributed by atoms with Crippen LogP contribution >= 0.6 is 0 Å². The Hall–Kier alpha value is -1.63. The maximum atomic E-state index is 11.7. The minimum Gasteiger partial charge on any atom is -0.372 e. The van der Waals surface area contributed by atoms with Crippen LogP contribution in [0.15, 0.2) is 6.20 Å². The van der Waals surface area contributed by atoms with E-state index in [-0.39, 0.29) is 11.6 Å². The first-order valence-electron chi connectivity index (χ1n) is 7.24. The quantitative estimate of drug-likeness (QED) is 0.873. The molecule has 7 nitrogen and oxygen atoms in total. The number of hydrogen-bond donors (Lipinski definition) is 2. The van der Waals surface area contributed by atoms with Crippen LogP contribution in [0.25, 0.3) is 0 Å². The Bertz CT molecular complexity index is 483. The number of carbonyl (C=O) groups is 1. The highest BCUT2D eigenvalue weighted by molar-refractivity contribution is 5.88. The van der Waals surface area contributed by atoms with Gasteiger partial charge in [0.15, 0.2) is 5.82 Å². The van der Waals surface area contributed by atoms with Crippen LogP contribution in [0.2, 0.25) is 0 Å². The number of amides is 2. The number of nitrogens with one attached hydrogen (secondary N) is 2. The van der Waals surface area contributed by atoms with E-state index in [0.717, 1.165) is 12.8 Å². The zero-order valence-corrected chi connectivity index (χ0v) is 11.8. The van der Waals surface area contributed by atoms with E-state index in [4.69, 9.17) is 4.74 Å². The summed E-state index contributed by atoms with van der Waals surface area (Å²) in [5, 5.41) is 13.0. The van der Waals surface area contributed by atoms with Crippen LogP contribution in [0.5, 0.6) is 0 Å². The first kappa shape index (κ1) is 13.4. The molecular formula is C13H21N5O2. The maximum absolute atomic E-state index is 11.7. The van der Waals surface area contributed by atoms with E-state index in [1.165, 1.54) is 36.6 Å². The molecule has 2 amide bonds. The molecule has 0 bridgehead atoms. The monoisotopic (exact) mass is 279 g/mol. The summed E-state index contributed by atoms with van der Waals surface area (Å²) in [6.07, 6.45) is 8.72. The van der Waals surface area contributed by atoms with E-state index in [0.29, 0.717) is 18.5 Å². The van der Waals surface area contributed by atoms with Crippen molar-refractivity contribution in [1.82, 2.24) is 20.3 Å². The number of aryl methyl sites for hydroxylation is 1. The van der Waals surface area contributed by atoms with Gasteiger partial charge in [-0.1, -0.05) is 5.21 Å². The van der Waals surface area contributed by atoms with Gasteiger partial charge >= 0.3 is 6.03 Å². The van der Waals surface area contributed by atoms with Crippen LogP contribution in [0.1, 0.15) is 38.5 Å². The van der Waals surface area contributed by atoms with E-state index in [1.807, 2.05) is 0 Å². The van der Waals surface area contributed by atoms with E-state index >= 15 is 0 Å². The Labute approximate surface area is 118 Å². The van der Waals surface area contributed by atoms with Gasteiger partial charge in [-0.05, 0) is 38.5 Å². The van der Waals surface area contributed by atoms with Gasteiger partial charge in [0.05, 0.1) is 17.9 Å². The lowest BCUT2D eigenvalue weighted by Crippen LogP contribution is -2.37. The normalized spacial score (nSPS) is 23.6. The van der Waals surface area contributed by atoms with Crippen molar-refractivity contribution in [2.45, 2.75) is 50.2 Å². The lowest BCUT2D eigenvalue weighted by Gasteiger charge is -2.38. The second-order valence-electron chi connectivity index (χ2n) is 5.73. The molecule has 0 aromatic carbocycles. The highest BCUT2D eigenvalue weighted by Crippen LogP contribution is 2.46. The smallest absolute Gasteiger partial charge is 0.320 e. The fourth-order valence-electron chi connectivity index (χ4n) is 2.95. The molecule has 2 N–H and O–H groups in total. The summed E-state index contributed by atoms with van der Waals surface area (Å²) in [5.41, 5.74) is 0.202. The van der Waals surface area contributed by atoms with E-state index in [2.05, 4.69) is 20.9 Å². The van der Waals surface area contributed by atoms with E-state index in [9.17, 15) is 4.79 Å². The molecule has 0 radical (unpaired) electrons. The largest absolute Gasteiger partial charge is 0.372 e. The van der Waals surface area contributed by atoms with Crippen molar-refractivity contribution in [3.63, 3.8) is 0 Å². The van der Waals surface area contributed by atoms with Crippen molar-refractivity contribution in [1.29, 1.82) is 0 Å². The second kappa shape index (κ2) is 5.40. The molecule has 2 heterocycles. The summed E-state index contributed by atoms with van der Waals surface area (Å²) < 4.78 is 7.61. The minimum atomic E-state index is -0.230. The molecule has 1 unspecified atom stereocenters. The van der Waals surface area contributed by atoms with Gasteiger partial charge in [-0.2, -0.15) is 0 Å². The molecule has 1 aromatic rings. The van der Waals surface area contributed by atoms with Crippen LogP contribution in [-0.4, -0.2) is 39.3 Å². The molecule has 2 fully saturated rings. The molecule has 1 atom stereocenters. The molecule has 20 heavy (non-hydrogen) atoms. The fourth-order valence-corrected chi connectivity index (χ4v) is 2.95. The zero-order chi connectivity index (χ0) is 14.0. The number of aromatic nitrogens is 3. The molecule has 1 aliphatic heterocycles. The van der Waals surface area contributed by atoms with Crippen molar-refractivity contribution in [3.8, 4) is 0 Å². The zero-order valence-electron chi connectivity index (χ0n) is 11.8. The Morgan fingerprint density at radius 3 is 3.00 bits per heavy atom. The SMILES string of the molecule is Cn1nncc1NC(=O)NCCC1CCC2(CCC2)O1. The van der Waals surface area contributed by atoms with Crippen molar-refractivity contribution < 1.29 is 9.53 Å². The van der Waals surface area contributed by atoms with Crippen molar-refractivity contribution in [2.75, 3.05) is 11.9 Å². The molecule has 1 saturated heterocycles. The second-order valence-corrected chi connectivity index (χ2v) is 5.73. The van der Waals surface area contributed by atoms with Gasteiger partial charge in [0.2, 0.25) is 0 Å². The number of ether oxygens (including phenoxy) is 1. The lowest BCUT2D eigenvalue weighted by molar-refractivity contribution is -0.0920. The first-order valence-corrected chi connectivity index (χ1v) is 7.24. The Kier molecular flexibility index (Phi) is 3.60. The van der Waals surface area contributed by atoms with Gasteiger partial charge in [0.25, 0.3) is 0 Å². The van der Waals surface area contributed by atoms with Crippen LogP contribution in [-0.2, 0) is 11.8 Å². The Morgan fingerprint density at radius 1 is 1.55 bits per heavy atom. The summed E-state index contributed by atoms with van der Waals surface area (Å²) in [6, 6.07) is -0.230. The Balaban J connectivity index is 1.36. The summed E-state index contributed by atoms with van der Waals surface area (Å²) in [4.78, 5) is 11.7. The number of nitrogens with zero attached hydrogens (tertiary/aromatic N) is 3. The molecule has 2 aliphatic rings. The van der Waals surface area contributed by atoms with Gasteiger partial charge in [-0.15, -0.1) is 5.10 Å². The summed E-state index contributed by atoms with van der Waals surface area (Å²) in [5.74, 6) is 0.577. The topological polar surface area (TPSA) is 81.1 Å². The number of hydrogen-bond acceptors (Lipinski definition) is 4. The number of urea groups is 1. The van der Waals surface area contributed by atoms with Gasteiger partial charge in [0, 0.05) is 13.6 Å². The fraction of sp³-hybridized carbons (Fsp3) is 0.769. The van der Waals surface area contributed by atoms with Crippen LogP contribution in [0.4, 0.5) is 10.6 Å². The third-order valence-corrected chi connectivity index (χ3v) is 4.31. The standard InChI is InChI=1S/C13H21N5O2/c1-18-11(9-15-17-18)16-12(19)14-8-4-10-3-7-13(20-10)5-2-6-13/h9-10H,2-8H2,1H3,(H2,14,16,19). The number of anilines is 1. The van der Waals surface area contributed by atoms with E-state index < -0.39 is 0 Å². The van der Waals surface area contributed by atoms with E-state index in [1.54, 1.807) is 7.05 Å². The molecule has 110 valence electrons. The van der Waals surface area contributed by atoms with Crippen molar-refractivity contribution >= 4 is 11.8 Å². The number of rotatable bonds is 4. The van der Waals surface area contributed by atoms with Crippen LogP contribution in [0.3, 0.4) is 0 Å². The van der Waals surface area contributed by atoms with Crippen molar-refractivity contribution in [2.24, 2.45) is 7.05 Å². The molecule has 1 aliphatic carbocycles. The molecule has 1 saturated carbocycles. The molecule has 1 aromatic heterocycles. The maximum Gasteiger partial charge on any atom is 0.320 e. The molecule has 7 heteroatoms. The molecular weight excluding hydrogens is 258 g/mol. The highest BCUT2D eigenvalue weighted by Gasteiger charge is 2.44. The average molecular weight is 279 g/mol. The molecule has 1 spiro atoms. The van der Waals surface area contributed by atoms with Gasteiger partial charge in [-0.3, -0.25) is 5.32 Å².